The molecule has 3 atom stereocenters. The molecule has 74 valence electrons. The number of carbonyl (C=O) groups is 1. The van der Waals surface area contributed by atoms with Gasteiger partial charge in [-0.2, -0.15) is 0 Å². The van der Waals surface area contributed by atoms with E-state index in [9.17, 15) is 4.79 Å². The predicted octanol–water partition coefficient (Wildman–Crippen LogP) is 1.74. The highest BCUT2D eigenvalue weighted by Crippen LogP contribution is 2.37. The zero-order valence-corrected chi connectivity index (χ0v) is 8.76. The fraction of sp³-hybridized carbons (Fsp3) is 0.909. The molecule has 0 aromatic rings. The van der Waals surface area contributed by atoms with Gasteiger partial charge in [0.15, 0.2) is 5.78 Å². The fourth-order valence-electron chi connectivity index (χ4n) is 2.62. The van der Waals surface area contributed by atoms with E-state index in [-0.39, 0.29) is 11.5 Å². The molecule has 1 N–H and O–H groups in total. The van der Waals surface area contributed by atoms with Crippen LogP contribution in [0, 0.1) is 11.3 Å². The first-order valence-electron chi connectivity index (χ1n) is 5.29. The molecule has 2 bridgehead atoms. The van der Waals surface area contributed by atoms with E-state index in [0.29, 0.717) is 17.7 Å². The lowest BCUT2D eigenvalue weighted by molar-refractivity contribution is -0.129. The summed E-state index contributed by atoms with van der Waals surface area (Å²) in [6.07, 6.45) is 3.76. The Kier molecular flexibility index (Phi) is 1.99. The van der Waals surface area contributed by atoms with E-state index in [2.05, 4.69) is 5.32 Å². The lowest BCUT2D eigenvalue weighted by Gasteiger charge is -2.28. The van der Waals surface area contributed by atoms with E-state index in [1.807, 2.05) is 20.8 Å². The van der Waals surface area contributed by atoms with Gasteiger partial charge in [0.05, 0.1) is 6.04 Å². The molecule has 2 aliphatic rings. The Morgan fingerprint density at radius 2 is 2.00 bits per heavy atom. The van der Waals surface area contributed by atoms with Crippen molar-refractivity contribution in [2.24, 2.45) is 11.3 Å². The molecule has 13 heavy (non-hydrogen) atoms. The molecule has 1 aliphatic carbocycles. The van der Waals surface area contributed by atoms with Crippen molar-refractivity contribution in [3.05, 3.63) is 0 Å². The van der Waals surface area contributed by atoms with Crippen molar-refractivity contribution >= 4 is 5.78 Å². The zero-order chi connectivity index (χ0) is 9.64. The van der Waals surface area contributed by atoms with Crippen molar-refractivity contribution in [3.8, 4) is 0 Å². The van der Waals surface area contributed by atoms with Crippen LogP contribution in [-0.2, 0) is 4.79 Å². The Morgan fingerprint density at radius 1 is 1.31 bits per heavy atom. The number of carbonyl (C=O) groups excluding carboxylic acids is 1. The van der Waals surface area contributed by atoms with E-state index in [0.717, 1.165) is 0 Å². The van der Waals surface area contributed by atoms with Crippen molar-refractivity contribution in [2.45, 2.75) is 52.1 Å². The second-order valence-corrected chi connectivity index (χ2v) is 5.53. The third-order valence-electron chi connectivity index (χ3n) is 3.38. The Balaban J connectivity index is 2.07. The largest absolute Gasteiger partial charge is 0.304 e. The van der Waals surface area contributed by atoms with Crippen molar-refractivity contribution in [3.63, 3.8) is 0 Å². The molecule has 1 heterocycles. The SMILES string of the molecule is CC(C)(C)C(=O)C1NC2CCC1C2. The quantitative estimate of drug-likeness (QED) is 0.667. The number of nitrogens with one attached hydrogen (secondary N) is 1. The number of hydrogen-bond donors (Lipinski definition) is 1. The molecule has 2 fully saturated rings. The van der Waals surface area contributed by atoms with Crippen LogP contribution in [0.15, 0.2) is 0 Å². The number of Topliss-reactive ketones (excluding diaryl/α,β-unsaturated/α-hetero) is 1. The molecular weight excluding hydrogens is 162 g/mol. The van der Waals surface area contributed by atoms with Crippen LogP contribution >= 0.6 is 0 Å². The van der Waals surface area contributed by atoms with Crippen LogP contribution in [0.4, 0.5) is 0 Å². The minimum absolute atomic E-state index is 0.166. The molecule has 3 unspecified atom stereocenters. The Bertz CT molecular complexity index is 229. The highest BCUT2D eigenvalue weighted by atomic mass is 16.1. The molecule has 1 saturated heterocycles. The lowest BCUT2D eigenvalue weighted by Crippen LogP contribution is -2.46. The first-order valence-corrected chi connectivity index (χ1v) is 5.29. The Morgan fingerprint density at radius 3 is 2.38 bits per heavy atom. The van der Waals surface area contributed by atoms with Crippen LogP contribution < -0.4 is 5.32 Å². The normalized spacial score (nSPS) is 38.2. The standard InChI is InChI=1S/C11H19NO/c1-11(2,3)10(13)9-7-4-5-8(6-7)12-9/h7-9,12H,4-6H2,1-3H3. The van der Waals surface area contributed by atoms with Gasteiger partial charge in [-0.15, -0.1) is 0 Å². The van der Waals surface area contributed by atoms with Crippen LogP contribution in [0.1, 0.15) is 40.0 Å². The van der Waals surface area contributed by atoms with Gasteiger partial charge < -0.3 is 5.32 Å². The molecule has 2 rings (SSSR count). The summed E-state index contributed by atoms with van der Waals surface area (Å²) in [5.74, 6) is 1.04. The second-order valence-electron chi connectivity index (χ2n) is 5.53. The molecular formula is C11H19NO. The van der Waals surface area contributed by atoms with Crippen LogP contribution in [-0.4, -0.2) is 17.9 Å². The minimum Gasteiger partial charge on any atom is -0.304 e. The molecule has 0 aromatic carbocycles. The third-order valence-corrected chi connectivity index (χ3v) is 3.38. The Hall–Kier alpha value is -0.370. The molecule has 2 nitrogen and oxygen atoms in total. The first-order chi connectivity index (χ1) is 5.98. The van der Waals surface area contributed by atoms with Gasteiger partial charge in [0, 0.05) is 11.5 Å². The fourth-order valence-corrected chi connectivity index (χ4v) is 2.62. The lowest BCUT2D eigenvalue weighted by atomic mass is 9.82. The minimum atomic E-state index is -0.178. The second kappa shape index (κ2) is 2.81. The van der Waals surface area contributed by atoms with Gasteiger partial charge in [-0.1, -0.05) is 20.8 Å². The van der Waals surface area contributed by atoms with Gasteiger partial charge >= 0.3 is 0 Å². The van der Waals surface area contributed by atoms with Gasteiger partial charge in [-0.25, -0.2) is 0 Å². The number of piperidine rings is 1. The maximum Gasteiger partial charge on any atom is 0.155 e. The highest BCUT2D eigenvalue weighted by Gasteiger charge is 2.45. The average Bonchev–Trinajstić information content (AvgIpc) is 2.60. The molecule has 0 amide bonds. The molecule has 0 aromatic heterocycles. The number of hydrogen-bond acceptors (Lipinski definition) is 2. The highest BCUT2D eigenvalue weighted by molar-refractivity contribution is 5.89. The topological polar surface area (TPSA) is 29.1 Å². The number of fused-ring (bicyclic) bond motifs is 2. The van der Waals surface area contributed by atoms with E-state index >= 15 is 0 Å². The van der Waals surface area contributed by atoms with Gasteiger partial charge in [0.25, 0.3) is 0 Å². The van der Waals surface area contributed by atoms with Gasteiger partial charge in [0.2, 0.25) is 0 Å². The zero-order valence-electron chi connectivity index (χ0n) is 8.76. The van der Waals surface area contributed by atoms with Crippen molar-refractivity contribution < 1.29 is 4.79 Å². The summed E-state index contributed by atoms with van der Waals surface area (Å²) in [6, 6.07) is 0.806. The number of ketones is 1. The van der Waals surface area contributed by atoms with Gasteiger partial charge in [-0.05, 0) is 25.2 Å². The molecule has 1 saturated carbocycles. The molecule has 1 aliphatic heterocycles. The van der Waals surface area contributed by atoms with E-state index < -0.39 is 0 Å². The first kappa shape index (κ1) is 9.20. The van der Waals surface area contributed by atoms with Crippen molar-refractivity contribution in [1.82, 2.24) is 5.32 Å². The Labute approximate surface area is 80.1 Å². The predicted molar refractivity (Wildman–Crippen MR) is 52.5 cm³/mol. The number of rotatable bonds is 1. The van der Waals surface area contributed by atoms with Gasteiger partial charge in [0.1, 0.15) is 0 Å². The van der Waals surface area contributed by atoms with Gasteiger partial charge in [-0.3, -0.25) is 4.79 Å². The van der Waals surface area contributed by atoms with E-state index in [4.69, 9.17) is 0 Å². The molecule has 2 heteroatoms. The molecule has 0 radical (unpaired) electrons. The maximum absolute atomic E-state index is 12.0. The summed E-state index contributed by atoms with van der Waals surface area (Å²) in [4.78, 5) is 12.0. The van der Waals surface area contributed by atoms with Crippen molar-refractivity contribution in [2.75, 3.05) is 0 Å². The van der Waals surface area contributed by atoms with E-state index in [1.165, 1.54) is 19.3 Å². The van der Waals surface area contributed by atoms with Crippen LogP contribution in [0.25, 0.3) is 0 Å². The average molecular weight is 181 g/mol. The monoisotopic (exact) mass is 181 g/mol. The third kappa shape index (κ3) is 1.52. The molecule has 0 spiro atoms. The maximum atomic E-state index is 12.0. The summed E-state index contributed by atoms with van der Waals surface area (Å²) in [6.45, 7) is 6.05. The summed E-state index contributed by atoms with van der Waals surface area (Å²) in [5, 5.41) is 3.45. The van der Waals surface area contributed by atoms with E-state index in [1.54, 1.807) is 0 Å². The summed E-state index contributed by atoms with van der Waals surface area (Å²) < 4.78 is 0. The smallest absolute Gasteiger partial charge is 0.155 e. The van der Waals surface area contributed by atoms with Crippen LogP contribution in [0.5, 0.6) is 0 Å². The summed E-state index contributed by atoms with van der Waals surface area (Å²) >= 11 is 0. The summed E-state index contributed by atoms with van der Waals surface area (Å²) in [5.41, 5.74) is -0.178. The van der Waals surface area contributed by atoms with Crippen LogP contribution in [0.3, 0.4) is 0 Å². The summed E-state index contributed by atoms with van der Waals surface area (Å²) in [7, 11) is 0. The van der Waals surface area contributed by atoms with Crippen molar-refractivity contribution in [1.29, 1.82) is 0 Å². The van der Waals surface area contributed by atoms with Crippen LogP contribution in [0.2, 0.25) is 0 Å².